The van der Waals surface area contributed by atoms with Gasteiger partial charge in [0.05, 0.1) is 11.0 Å². The molecule has 1 unspecified atom stereocenters. The minimum atomic E-state index is -3.63. The smallest absolute Gasteiger partial charge is 0.240 e. The highest BCUT2D eigenvalue weighted by Gasteiger charge is 2.19. The van der Waals surface area contributed by atoms with E-state index in [4.69, 9.17) is 5.73 Å². The molecular formula is C13H22N2O3S. The van der Waals surface area contributed by atoms with E-state index in [1.807, 2.05) is 13.8 Å². The number of aliphatic hydroxyl groups is 1. The van der Waals surface area contributed by atoms with Gasteiger partial charge in [-0.2, -0.15) is 0 Å². The number of sulfonamides is 1. The second kappa shape index (κ2) is 6.36. The first-order valence-corrected chi connectivity index (χ1v) is 7.75. The third-order valence-electron chi connectivity index (χ3n) is 2.87. The van der Waals surface area contributed by atoms with Crippen LogP contribution in [0.5, 0.6) is 0 Å². The summed E-state index contributed by atoms with van der Waals surface area (Å²) < 4.78 is 26.7. The molecule has 1 aromatic rings. The third-order valence-corrected chi connectivity index (χ3v) is 4.44. The molecule has 0 heterocycles. The topological polar surface area (TPSA) is 92.4 Å². The predicted octanol–water partition coefficient (Wildman–Crippen LogP) is 1.26. The van der Waals surface area contributed by atoms with Crippen molar-refractivity contribution in [2.24, 2.45) is 5.92 Å². The SMILES string of the molecule is Cc1c(N)cccc1S(=O)(=O)NCC(O)CC(C)C. The van der Waals surface area contributed by atoms with Gasteiger partial charge in [0.1, 0.15) is 0 Å². The van der Waals surface area contributed by atoms with Crippen LogP contribution in [0.15, 0.2) is 23.1 Å². The van der Waals surface area contributed by atoms with Crippen LogP contribution in [0.2, 0.25) is 0 Å². The molecule has 0 aliphatic heterocycles. The Balaban J connectivity index is 2.79. The van der Waals surface area contributed by atoms with Crippen molar-refractivity contribution in [3.63, 3.8) is 0 Å². The molecule has 0 saturated carbocycles. The first kappa shape index (κ1) is 15.9. The van der Waals surface area contributed by atoms with Crippen LogP contribution in [0.4, 0.5) is 5.69 Å². The van der Waals surface area contributed by atoms with Gasteiger partial charge >= 0.3 is 0 Å². The van der Waals surface area contributed by atoms with E-state index >= 15 is 0 Å². The highest BCUT2D eigenvalue weighted by Crippen LogP contribution is 2.20. The fraction of sp³-hybridized carbons (Fsp3) is 0.538. The number of nitrogens with one attached hydrogen (secondary N) is 1. The fourth-order valence-corrected chi connectivity index (χ4v) is 3.18. The van der Waals surface area contributed by atoms with Gasteiger partial charge in [0.15, 0.2) is 0 Å². The van der Waals surface area contributed by atoms with Crippen molar-refractivity contribution in [3.8, 4) is 0 Å². The fourth-order valence-electron chi connectivity index (χ4n) is 1.83. The number of rotatable bonds is 6. The van der Waals surface area contributed by atoms with E-state index in [9.17, 15) is 13.5 Å². The maximum atomic E-state index is 12.1. The van der Waals surface area contributed by atoms with Crippen molar-refractivity contribution in [3.05, 3.63) is 23.8 Å². The molecule has 0 aliphatic carbocycles. The Bertz CT molecular complexity index is 527. The number of anilines is 1. The summed E-state index contributed by atoms with van der Waals surface area (Å²) >= 11 is 0. The summed E-state index contributed by atoms with van der Waals surface area (Å²) in [7, 11) is -3.63. The standard InChI is InChI=1S/C13H22N2O3S/c1-9(2)7-11(16)8-15-19(17,18)13-6-4-5-12(14)10(13)3/h4-6,9,11,15-16H,7-8,14H2,1-3H3. The van der Waals surface area contributed by atoms with Crippen molar-refractivity contribution in [2.75, 3.05) is 12.3 Å². The van der Waals surface area contributed by atoms with Crippen LogP contribution in [0.25, 0.3) is 0 Å². The van der Waals surface area contributed by atoms with Gasteiger partial charge in [-0.3, -0.25) is 0 Å². The lowest BCUT2D eigenvalue weighted by Gasteiger charge is -2.15. The van der Waals surface area contributed by atoms with Gasteiger partial charge in [-0.1, -0.05) is 19.9 Å². The van der Waals surface area contributed by atoms with Crippen LogP contribution >= 0.6 is 0 Å². The molecule has 0 spiro atoms. The number of hydrogen-bond acceptors (Lipinski definition) is 4. The van der Waals surface area contributed by atoms with Gasteiger partial charge in [-0.25, -0.2) is 13.1 Å². The lowest BCUT2D eigenvalue weighted by molar-refractivity contribution is 0.152. The molecule has 1 atom stereocenters. The Morgan fingerprint density at radius 2 is 2.00 bits per heavy atom. The molecule has 0 saturated heterocycles. The third kappa shape index (κ3) is 4.49. The highest BCUT2D eigenvalue weighted by atomic mass is 32.2. The maximum absolute atomic E-state index is 12.1. The zero-order chi connectivity index (χ0) is 14.6. The minimum absolute atomic E-state index is 0.00868. The zero-order valence-corrected chi connectivity index (χ0v) is 12.4. The number of nitrogen functional groups attached to an aromatic ring is 1. The molecule has 1 rings (SSSR count). The average Bonchev–Trinajstić information content (AvgIpc) is 2.29. The van der Waals surface area contributed by atoms with Crippen LogP contribution in [0.3, 0.4) is 0 Å². The van der Waals surface area contributed by atoms with Crippen LogP contribution in [-0.2, 0) is 10.0 Å². The molecule has 1 aromatic carbocycles. The molecule has 0 amide bonds. The Kier molecular flexibility index (Phi) is 5.34. The number of hydrogen-bond donors (Lipinski definition) is 3. The normalized spacial score (nSPS) is 13.7. The first-order valence-electron chi connectivity index (χ1n) is 6.27. The largest absolute Gasteiger partial charge is 0.398 e. The van der Waals surface area contributed by atoms with Crippen molar-refractivity contribution in [1.82, 2.24) is 4.72 Å². The van der Waals surface area contributed by atoms with E-state index in [1.54, 1.807) is 19.1 Å². The molecule has 5 nitrogen and oxygen atoms in total. The van der Waals surface area contributed by atoms with Gasteiger partial charge in [0, 0.05) is 12.2 Å². The molecular weight excluding hydrogens is 264 g/mol. The molecule has 6 heteroatoms. The highest BCUT2D eigenvalue weighted by molar-refractivity contribution is 7.89. The number of benzene rings is 1. The van der Waals surface area contributed by atoms with Gasteiger partial charge in [0.25, 0.3) is 0 Å². The van der Waals surface area contributed by atoms with Crippen LogP contribution in [0, 0.1) is 12.8 Å². The Labute approximate surface area is 114 Å². The summed E-state index contributed by atoms with van der Waals surface area (Å²) in [6.07, 6.45) is -0.130. The predicted molar refractivity (Wildman–Crippen MR) is 76.2 cm³/mol. The van der Waals surface area contributed by atoms with Crippen LogP contribution in [0.1, 0.15) is 25.8 Å². The Hall–Kier alpha value is -1.11. The Morgan fingerprint density at radius 1 is 1.37 bits per heavy atom. The second-order valence-electron chi connectivity index (χ2n) is 5.11. The summed E-state index contributed by atoms with van der Waals surface area (Å²) in [5, 5.41) is 9.70. The lowest BCUT2D eigenvalue weighted by Crippen LogP contribution is -2.33. The van der Waals surface area contributed by atoms with Crippen molar-refractivity contribution >= 4 is 15.7 Å². The maximum Gasteiger partial charge on any atom is 0.240 e. The molecule has 108 valence electrons. The van der Waals surface area contributed by atoms with E-state index in [0.29, 0.717) is 23.6 Å². The molecule has 0 bridgehead atoms. The van der Waals surface area contributed by atoms with Gasteiger partial charge in [0.2, 0.25) is 10.0 Å². The summed E-state index contributed by atoms with van der Waals surface area (Å²) in [5.74, 6) is 0.314. The van der Waals surface area contributed by atoms with Crippen LogP contribution in [-0.4, -0.2) is 26.2 Å². The molecule has 0 radical (unpaired) electrons. The monoisotopic (exact) mass is 286 g/mol. The van der Waals surface area contributed by atoms with E-state index in [0.717, 1.165) is 0 Å². The lowest BCUT2D eigenvalue weighted by atomic mass is 10.1. The van der Waals surface area contributed by atoms with Crippen molar-refractivity contribution in [1.29, 1.82) is 0 Å². The van der Waals surface area contributed by atoms with Gasteiger partial charge in [-0.15, -0.1) is 0 Å². The summed E-state index contributed by atoms with van der Waals surface area (Å²) in [6.45, 7) is 5.61. The molecule has 0 fully saturated rings. The van der Waals surface area contributed by atoms with Crippen molar-refractivity contribution < 1.29 is 13.5 Å². The number of aliphatic hydroxyl groups excluding tert-OH is 1. The zero-order valence-electron chi connectivity index (χ0n) is 11.6. The molecule has 0 aromatic heterocycles. The van der Waals surface area contributed by atoms with Gasteiger partial charge in [-0.05, 0) is 37.0 Å². The molecule has 19 heavy (non-hydrogen) atoms. The minimum Gasteiger partial charge on any atom is -0.398 e. The first-order chi connectivity index (χ1) is 8.74. The summed E-state index contributed by atoms with van der Waals surface area (Å²) in [5.41, 5.74) is 6.65. The van der Waals surface area contributed by atoms with Crippen LogP contribution < -0.4 is 10.5 Å². The summed E-state index contributed by atoms with van der Waals surface area (Å²) in [6, 6.07) is 4.76. The average molecular weight is 286 g/mol. The van der Waals surface area contributed by atoms with Crippen molar-refractivity contribution in [2.45, 2.75) is 38.2 Å². The summed E-state index contributed by atoms with van der Waals surface area (Å²) in [4.78, 5) is 0.157. The van der Waals surface area contributed by atoms with E-state index in [-0.39, 0.29) is 11.4 Å². The Morgan fingerprint density at radius 3 is 2.58 bits per heavy atom. The number of nitrogens with two attached hydrogens (primary N) is 1. The second-order valence-corrected chi connectivity index (χ2v) is 6.84. The van der Waals surface area contributed by atoms with Gasteiger partial charge < -0.3 is 10.8 Å². The molecule has 0 aliphatic rings. The quantitative estimate of drug-likeness (QED) is 0.686. The molecule has 4 N–H and O–H groups in total. The van der Waals surface area contributed by atoms with E-state index < -0.39 is 16.1 Å². The van der Waals surface area contributed by atoms with E-state index in [1.165, 1.54) is 6.07 Å². The van der Waals surface area contributed by atoms with E-state index in [2.05, 4.69) is 4.72 Å².